The normalized spacial score (nSPS) is 11.4. The van der Waals surface area contributed by atoms with Crippen molar-refractivity contribution in [2.45, 2.75) is 13.1 Å². The van der Waals surface area contributed by atoms with E-state index in [2.05, 4.69) is 37.5 Å². The van der Waals surface area contributed by atoms with Crippen LogP contribution in [0.5, 0.6) is 0 Å². The van der Waals surface area contributed by atoms with E-state index in [-0.39, 0.29) is 0 Å². The van der Waals surface area contributed by atoms with Gasteiger partial charge in [-0.1, -0.05) is 48.5 Å². The second kappa shape index (κ2) is 8.10. The fourth-order valence-electron chi connectivity index (χ4n) is 2.66. The van der Waals surface area contributed by atoms with Gasteiger partial charge in [0.15, 0.2) is 11.8 Å². The third-order valence-electron chi connectivity index (χ3n) is 3.89. The van der Waals surface area contributed by atoms with Gasteiger partial charge < -0.3 is 10.2 Å². The monoisotopic (exact) mass is 334 g/mol. The highest BCUT2D eigenvalue weighted by atomic mass is 15.3. The minimum Gasteiger partial charge on any atom is -0.349 e. The van der Waals surface area contributed by atoms with E-state index in [4.69, 9.17) is 0 Å². The third kappa shape index (κ3) is 4.23. The molecule has 0 amide bonds. The first-order chi connectivity index (χ1) is 12.3. The molecule has 2 aromatic carbocycles. The molecule has 128 valence electrons. The summed E-state index contributed by atoms with van der Waals surface area (Å²) in [6.07, 6.45) is 1.72. The van der Waals surface area contributed by atoms with Gasteiger partial charge in [0.25, 0.3) is 0 Å². The number of para-hydroxylation sites is 1. The Bertz CT molecular complexity index is 810. The van der Waals surface area contributed by atoms with E-state index in [0.29, 0.717) is 6.54 Å². The number of rotatable bonds is 5. The van der Waals surface area contributed by atoms with Gasteiger partial charge in [-0.05, 0) is 17.7 Å². The van der Waals surface area contributed by atoms with Gasteiger partial charge in [-0.15, -0.1) is 10.2 Å². The van der Waals surface area contributed by atoms with Crippen molar-refractivity contribution < 1.29 is 0 Å². The molecule has 0 unspecified atom stereocenters. The van der Waals surface area contributed by atoms with Crippen LogP contribution in [0.25, 0.3) is 5.69 Å². The Morgan fingerprint density at radius 2 is 1.76 bits per heavy atom. The molecule has 0 aliphatic rings. The van der Waals surface area contributed by atoms with Crippen LogP contribution in [-0.2, 0) is 13.1 Å². The fourth-order valence-corrected chi connectivity index (χ4v) is 2.66. The molecule has 6 heteroatoms. The highest BCUT2D eigenvalue weighted by molar-refractivity contribution is 5.79. The van der Waals surface area contributed by atoms with Crippen LogP contribution in [0, 0.1) is 0 Å². The zero-order valence-corrected chi connectivity index (χ0v) is 14.5. The number of aromatic nitrogens is 3. The molecule has 0 spiro atoms. The van der Waals surface area contributed by atoms with Gasteiger partial charge in [-0.25, -0.2) is 0 Å². The highest BCUT2D eigenvalue weighted by Crippen LogP contribution is 2.09. The topological polar surface area (TPSA) is 58.3 Å². The molecule has 0 bridgehead atoms. The molecule has 1 aromatic heterocycles. The highest BCUT2D eigenvalue weighted by Gasteiger charge is 2.10. The second-order valence-corrected chi connectivity index (χ2v) is 5.70. The summed E-state index contributed by atoms with van der Waals surface area (Å²) in [5.74, 6) is 1.65. The van der Waals surface area contributed by atoms with Crippen LogP contribution in [0.3, 0.4) is 0 Å². The van der Waals surface area contributed by atoms with Crippen molar-refractivity contribution in [3.05, 3.63) is 78.4 Å². The Morgan fingerprint density at radius 1 is 1.08 bits per heavy atom. The molecule has 0 radical (unpaired) electrons. The lowest BCUT2D eigenvalue weighted by molar-refractivity contribution is 0.475. The minimum atomic E-state index is 0.542. The summed E-state index contributed by atoms with van der Waals surface area (Å²) in [5.41, 5.74) is 2.28. The molecule has 3 aromatic rings. The van der Waals surface area contributed by atoms with Crippen LogP contribution in [0.1, 0.15) is 11.4 Å². The van der Waals surface area contributed by atoms with Crippen LogP contribution in [-0.4, -0.2) is 39.7 Å². The Kier molecular flexibility index (Phi) is 5.41. The van der Waals surface area contributed by atoms with Gasteiger partial charge in [0.2, 0.25) is 0 Å². The molecule has 25 heavy (non-hydrogen) atoms. The fraction of sp³-hybridized carbons (Fsp3) is 0.211. The molecular weight excluding hydrogens is 312 g/mol. The number of nitrogens with one attached hydrogen (secondary N) is 1. The third-order valence-corrected chi connectivity index (χ3v) is 3.89. The van der Waals surface area contributed by atoms with E-state index in [0.717, 1.165) is 24.0 Å². The standard InChI is InChI=1S/C19H22N6/c1-20-19(24(2)14-16-9-5-3-6-10-16)21-13-18-23-22-15-25(18)17-11-7-4-8-12-17/h3-12,15H,13-14H2,1-2H3,(H,20,21). The number of hydrogen-bond acceptors (Lipinski definition) is 3. The quantitative estimate of drug-likeness (QED) is 0.575. The maximum Gasteiger partial charge on any atom is 0.194 e. The van der Waals surface area contributed by atoms with Crippen molar-refractivity contribution in [3.63, 3.8) is 0 Å². The van der Waals surface area contributed by atoms with Crippen LogP contribution < -0.4 is 5.32 Å². The first kappa shape index (κ1) is 16.7. The van der Waals surface area contributed by atoms with Crippen LogP contribution in [0.4, 0.5) is 0 Å². The summed E-state index contributed by atoms with van der Waals surface area (Å²) < 4.78 is 1.97. The Balaban J connectivity index is 1.65. The minimum absolute atomic E-state index is 0.542. The van der Waals surface area contributed by atoms with Crippen LogP contribution in [0.15, 0.2) is 72.0 Å². The Morgan fingerprint density at radius 3 is 2.44 bits per heavy atom. The first-order valence-corrected chi connectivity index (χ1v) is 8.18. The van der Waals surface area contributed by atoms with Crippen molar-refractivity contribution in [2.24, 2.45) is 4.99 Å². The molecule has 0 aliphatic carbocycles. The summed E-state index contributed by atoms with van der Waals surface area (Å²) in [5, 5.41) is 11.6. The van der Waals surface area contributed by atoms with Crippen LogP contribution >= 0.6 is 0 Å². The van der Waals surface area contributed by atoms with E-state index in [1.807, 2.05) is 60.1 Å². The Labute approximate surface area is 147 Å². The first-order valence-electron chi connectivity index (χ1n) is 8.18. The van der Waals surface area contributed by atoms with Gasteiger partial charge in [0, 0.05) is 26.3 Å². The van der Waals surface area contributed by atoms with E-state index in [9.17, 15) is 0 Å². The number of nitrogens with zero attached hydrogens (tertiary/aromatic N) is 5. The number of benzene rings is 2. The molecule has 6 nitrogen and oxygen atoms in total. The predicted molar refractivity (Wildman–Crippen MR) is 99.5 cm³/mol. The lowest BCUT2D eigenvalue weighted by Crippen LogP contribution is -2.38. The maximum atomic E-state index is 4.36. The van der Waals surface area contributed by atoms with E-state index in [1.54, 1.807) is 13.4 Å². The van der Waals surface area contributed by atoms with Crippen molar-refractivity contribution in [2.75, 3.05) is 14.1 Å². The zero-order valence-electron chi connectivity index (χ0n) is 14.5. The number of hydrogen-bond donors (Lipinski definition) is 1. The molecule has 1 N–H and O–H groups in total. The van der Waals surface area contributed by atoms with Gasteiger partial charge in [0.05, 0.1) is 6.54 Å². The molecular formula is C19H22N6. The van der Waals surface area contributed by atoms with Crippen LogP contribution in [0.2, 0.25) is 0 Å². The maximum absolute atomic E-state index is 4.36. The summed E-state index contributed by atoms with van der Waals surface area (Å²) in [6.45, 7) is 1.33. The van der Waals surface area contributed by atoms with Gasteiger partial charge in [-0.2, -0.15) is 0 Å². The number of aliphatic imine (C=N–C) groups is 1. The summed E-state index contributed by atoms with van der Waals surface area (Å²) in [4.78, 5) is 6.44. The smallest absolute Gasteiger partial charge is 0.194 e. The summed E-state index contributed by atoms with van der Waals surface area (Å²) >= 11 is 0. The SMILES string of the molecule is CN=C(NCc1nncn1-c1ccccc1)N(C)Cc1ccccc1. The molecule has 0 fully saturated rings. The van der Waals surface area contributed by atoms with E-state index < -0.39 is 0 Å². The van der Waals surface area contributed by atoms with E-state index in [1.165, 1.54) is 5.56 Å². The lowest BCUT2D eigenvalue weighted by atomic mass is 10.2. The zero-order chi connectivity index (χ0) is 17.5. The van der Waals surface area contributed by atoms with Crippen molar-refractivity contribution in [3.8, 4) is 5.69 Å². The van der Waals surface area contributed by atoms with E-state index >= 15 is 0 Å². The molecule has 1 heterocycles. The Hall–Kier alpha value is -3.15. The lowest BCUT2D eigenvalue weighted by Gasteiger charge is -2.22. The van der Waals surface area contributed by atoms with Gasteiger partial charge >= 0.3 is 0 Å². The van der Waals surface area contributed by atoms with Crippen molar-refractivity contribution in [1.29, 1.82) is 0 Å². The second-order valence-electron chi connectivity index (χ2n) is 5.70. The molecule has 0 saturated carbocycles. The van der Waals surface area contributed by atoms with Crippen molar-refractivity contribution >= 4 is 5.96 Å². The molecule has 0 atom stereocenters. The summed E-state index contributed by atoms with van der Waals surface area (Å²) in [7, 11) is 3.80. The van der Waals surface area contributed by atoms with Gasteiger partial charge in [-0.3, -0.25) is 9.56 Å². The predicted octanol–water partition coefficient (Wildman–Crippen LogP) is 2.47. The van der Waals surface area contributed by atoms with Gasteiger partial charge in [0.1, 0.15) is 6.33 Å². The largest absolute Gasteiger partial charge is 0.349 e. The average molecular weight is 334 g/mol. The van der Waals surface area contributed by atoms with Crippen molar-refractivity contribution in [1.82, 2.24) is 25.0 Å². The molecule has 0 aliphatic heterocycles. The average Bonchev–Trinajstić information content (AvgIpc) is 3.12. The number of guanidine groups is 1. The molecule has 3 rings (SSSR count). The molecule has 0 saturated heterocycles. The summed E-state index contributed by atoms with van der Waals surface area (Å²) in [6, 6.07) is 20.4.